The number of fused-ring (bicyclic) bond motifs is 3. The number of aliphatic hydroxyl groups is 2. The van der Waals surface area contributed by atoms with Crippen molar-refractivity contribution in [3.05, 3.63) is 33.7 Å². The molecular weight excluding hydrogens is 378 g/mol. The number of rotatable bonds is 6. The molecule has 0 spiro atoms. The minimum absolute atomic E-state index is 0.00513. The molecule has 1 amide bonds. The summed E-state index contributed by atoms with van der Waals surface area (Å²) < 4.78 is 17.4. The van der Waals surface area contributed by atoms with Gasteiger partial charge in [0.2, 0.25) is 0 Å². The van der Waals surface area contributed by atoms with Crippen LogP contribution in [0.2, 0.25) is 0 Å². The van der Waals surface area contributed by atoms with Gasteiger partial charge in [-0.25, -0.2) is 4.79 Å². The van der Waals surface area contributed by atoms with E-state index < -0.39 is 18.3 Å². The maximum absolute atomic E-state index is 12.3. The van der Waals surface area contributed by atoms with E-state index in [1.165, 1.54) is 18.0 Å². The number of carbonyl (C=O) groups is 1. The van der Waals surface area contributed by atoms with Crippen molar-refractivity contribution in [3.8, 4) is 11.5 Å². The molecule has 2 heterocycles. The molecule has 158 valence electrons. The van der Waals surface area contributed by atoms with Gasteiger partial charge in [0.05, 0.1) is 18.1 Å². The lowest BCUT2D eigenvalue weighted by molar-refractivity contribution is -0.133. The van der Waals surface area contributed by atoms with Crippen LogP contribution >= 0.6 is 0 Å². The fourth-order valence-corrected chi connectivity index (χ4v) is 3.46. The Hall–Kier alpha value is -2.58. The number of nitrogens with zero attached hydrogens (tertiary/aromatic N) is 1. The Balaban J connectivity index is 1.95. The van der Waals surface area contributed by atoms with Crippen LogP contribution < -0.4 is 15.1 Å². The van der Waals surface area contributed by atoms with E-state index in [9.17, 15) is 14.7 Å². The normalized spacial score (nSPS) is 16.1. The number of ether oxygens (including phenoxy) is 2. The maximum Gasteiger partial charge on any atom is 0.336 e. The van der Waals surface area contributed by atoms with Gasteiger partial charge in [-0.1, -0.05) is 0 Å². The van der Waals surface area contributed by atoms with E-state index in [0.29, 0.717) is 34.5 Å². The summed E-state index contributed by atoms with van der Waals surface area (Å²) in [7, 11) is 1.52. The third-order valence-corrected chi connectivity index (χ3v) is 5.07. The lowest BCUT2D eigenvalue weighted by atomic mass is 9.92. The molecule has 8 heteroatoms. The summed E-state index contributed by atoms with van der Waals surface area (Å²) in [6.07, 6.45) is 0.469. The number of amides is 1. The summed E-state index contributed by atoms with van der Waals surface area (Å²) in [5.41, 5.74) is 1.12. The van der Waals surface area contributed by atoms with Crippen molar-refractivity contribution in [2.24, 2.45) is 0 Å². The molecule has 0 bridgehead atoms. The Bertz CT molecular complexity index is 979. The Morgan fingerprint density at radius 3 is 2.79 bits per heavy atom. The zero-order valence-electron chi connectivity index (χ0n) is 17.2. The van der Waals surface area contributed by atoms with Crippen LogP contribution in [0.25, 0.3) is 11.0 Å². The van der Waals surface area contributed by atoms with Crippen molar-refractivity contribution in [3.63, 3.8) is 0 Å². The summed E-state index contributed by atoms with van der Waals surface area (Å²) >= 11 is 0. The van der Waals surface area contributed by atoms with Crippen LogP contribution in [-0.4, -0.2) is 59.5 Å². The van der Waals surface area contributed by atoms with Crippen LogP contribution in [0.5, 0.6) is 11.5 Å². The van der Waals surface area contributed by atoms with Gasteiger partial charge in [0, 0.05) is 31.3 Å². The number of hydrogen-bond donors (Lipinski definition) is 2. The first-order valence-electron chi connectivity index (χ1n) is 9.56. The van der Waals surface area contributed by atoms with Crippen LogP contribution in [0.3, 0.4) is 0 Å². The molecule has 0 fully saturated rings. The van der Waals surface area contributed by atoms with E-state index >= 15 is 0 Å². The van der Waals surface area contributed by atoms with Gasteiger partial charge < -0.3 is 29.0 Å². The number of likely N-dealkylation sites (N-methyl/N-ethyl adjacent to an activating group) is 1. The van der Waals surface area contributed by atoms with Gasteiger partial charge in [-0.05, 0) is 39.2 Å². The molecule has 1 aromatic heterocycles. The topological polar surface area (TPSA) is 109 Å². The van der Waals surface area contributed by atoms with Gasteiger partial charge in [-0.2, -0.15) is 0 Å². The standard InChI is InChI=1S/C21H27NO7/c1-12-7-18(26)28-20-14-5-6-21(2,3)29-15(14)8-16(19(12)20)27-11-17(25)22(4)9-13(24)10-23/h7-8,13,23-24H,5-6,9-11H2,1-4H3/t13-/m0/s1. The first kappa shape index (κ1) is 21.1. The fraction of sp³-hybridized carbons (Fsp3) is 0.524. The molecule has 8 nitrogen and oxygen atoms in total. The largest absolute Gasteiger partial charge is 0.487 e. The summed E-state index contributed by atoms with van der Waals surface area (Å²) in [5.74, 6) is 0.607. The van der Waals surface area contributed by atoms with Gasteiger partial charge in [-0.15, -0.1) is 0 Å². The highest BCUT2D eigenvalue weighted by Gasteiger charge is 2.30. The zero-order chi connectivity index (χ0) is 21.3. The lowest BCUT2D eigenvalue weighted by Gasteiger charge is -2.33. The van der Waals surface area contributed by atoms with Crippen molar-refractivity contribution in [1.82, 2.24) is 4.90 Å². The molecule has 2 aromatic rings. The molecule has 0 saturated heterocycles. The van der Waals surface area contributed by atoms with Crippen molar-refractivity contribution in [2.75, 3.05) is 26.8 Å². The van der Waals surface area contributed by atoms with E-state index in [-0.39, 0.29) is 24.7 Å². The van der Waals surface area contributed by atoms with Crippen molar-refractivity contribution in [2.45, 2.75) is 45.3 Å². The van der Waals surface area contributed by atoms with E-state index in [4.69, 9.17) is 19.0 Å². The Labute approximate surface area is 168 Å². The van der Waals surface area contributed by atoms with Crippen molar-refractivity contribution < 1.29 is 28.9 Å². The lowest BCUT2D eigenvalue weighted by Crippen LogP contribution is -2.38. The van der Waals surface area contributed by atoms with Gasteiger partial charge in [0.1, 0.15) is 22.7 Å². The van der Waals surface area contributed by atoms with Crippen molar-refractivity contribution in [1.29, 1.82) is 0 Å². The molecule has 1 atom stereocenters. The summed E-state index contributed by atoms with van der Waals surface area (Å²) in [6, 6.07) is 3.13. The molecule has 0 saturated carbocycles. The Kier molecular flexibility index (Phi) is 5.86. The minimum Gasteiger partial charge on any atom is -0.487 e. The summed E-state index contributed by atoms with van der Waals surface area (Å²) in [4.78, 5) is 25.6. The predicted molar refractivity (Wildman–Crippen MR) is 106 cm³/mol. The highest BCUT2D eigenvalue weighted by atomic mass is 16.5. The highest BCUT2D eigenvalue weighted by molar-refractivity contribution is 5.91. The SMILES string of the molecule is Cc1cc(=O)oc2c3c(cc(OCC(=O)N(C)C[C@H](O)CO)c12)OC(C)(C)CC3. The summed E-state index contributed by atoms with van der Waals surface area (Å²) in [5, 5.41) is 19.1. The van der Waals surface area contributed by atoms with Gasteiger partial charge >= 0.3 is 5.63 Å². The maximum atomic E-state index is 12.3. The molecule has 0 radical (unpaired) electrons. The van der Waals surface area contributed by atoms with Gasteiger partial charge in [-0.3, -0.25) is 4.79 Å². The highest BCUT2D eigenvalue weighted by Crippen LogP contribution is 2.42. The molecule has 1 aromatic carbocycles. The molecule has 1 aliphatic rings. The van der Waals surface area contributed by atoms with E-state index in [1.807, 2.05) is 13.8 Å². The Morgan fingerprint density at radius 2 is 2.10 bits per heavy atom. The predicted octanol–water partition coefficient (Wildman–Crippen LogP) is 1.40. The zero-order valence-corrected chi connectivity index (χ0v) is 17.2. The quantitative estimate of drug-likeness (QED) is 0.699. The van der Waals surface area contributed by atoms with E-state index in [2.05, 4.69) is 0 Å². The van der Waals surface area contributed by atoms with Gasteiger partial charge in [0.25, 0.3) is 5.91 Å². The van der Waals surface area contributed by atoms with Crippen molar-refractivity contribution >= 4 is 16.9 Å². The molecule has 29 heavy (non-hydrogen) atoms. The van der Waals surface area contributed by atoms with E-state index in [0.717, 1.165) is 12.0 Å². The van der Waals surface area contributed by atoms with Crippen LogP contribution in [-0.2, 0) is 11.2 Å². The van der Waals surface area contributed by atoms with Crippen LogP contribution in [0.1, 0.15) is 31.4 Å². The van der Waals surface area contributed by atoms with Crippen LogP contribution in [0.4, 0.5) is 0 Å². The molecular formula is C21H27NO7. The second-order valence-corrected chi connectivity index (χ2v) is 8.07. The molecule has 0 aliphatic carbocycles. The second kappa shape index (κ2) is 8.04. The van der Waals surface area contributed by atoms with Crippen LogP contribution in [0.15, 0.2) is 21.3 Å². The Morgan fingerprint density at radius 1 is 1.38 bits per heavy atom. The second-order valence-electron chi connectivity index (χ2n) is 8.07. The number of hydrogen-bond acceptors (Lipinski definition) is 7. The third-order valence-electron chi connectivity index (χ3n) is 5.07. The van der Waals surface area contributed by atoms with Gasteiger partial charge in [0.15, 0.2) is 6.61 Å². The molecule has 3 rings (SSSR count). The average Bonchev–Trinajstić information content (AvgIpc) is 2.63. The van der Waals surface area contributed by atoms with E-state index in [1.54, 1.807) is 13.0 Å². The minimum atomic E-state index is -1.01. The molecule has 1 aliphatic heterocycles. The molecule has 0 unspecified atom stereocenters. The third kappa shape index (κ3) is 4.54. The summed E-state index contributed by atoms with van der Waals surface area (Å²) in [6.45, 7) is 5.05. The number of benzene rings is 1. The average molecular weight is 405 g/mol. The molecule has 2 N–H and O–H groups in total. The first-order valence-corrected chi connectivity index (χ1v) is 9.56. The number of aryl methyl sites for hydroxylation is 2. The monoisotopic (exact) mass is 405 g/mol. The number of carbonyl (C=O) groups excluding carboxylic acids is 1. The number of aliphatic hydroxyl groups excluding tert-OH is 2. The fourth-order valence-electron chi connectivity index (χ4n) is 3.46. The van der Waals surface area contributed by atoms with Crippen LogP contribution in [0, 0.1) is 6.92 Å². The first-order chi connectivity index (χ1) is 13.6. The smallest absolute Gasteiger partial charge is 0.336 e.